The topological polar surface area (TPSA) is 54.5 Å². The summed E-state index contributed by atoms with van der Waals surface area (Å²) in [6, 6.07) is 9.82. The van der Waals surface area contributed by atoms with Gasteiger partial charge in [-0.2, -0.15) is 4.31 Å². The Morgan fingerprint density at radius 2 is 1.45 bits per heavy atom. The summed E-state index contributed by atoms with van der Waals surface area (Å²) in [5.74, 6) is -9.37. The summed E-state index contributed by atoms with van der Waals surface area (Å²) in [5.41, 5.74) is 1.18. The highest BCUT2D eigenvalue weighted by molar-refractivity contribution is 7.89. The SMILES string of the molecule is CC(=O)c1ccc(CN(Cc2ccc(C)cc2F)S(=O)(=O)c2cc(F)c(F)c(F)c2F)cc1. The van der Waals surface area contributed by atoms with Gasteiger partial charge >= 0.3 is 0 Å². The largest absolute Gasteiger partial charge is 0.295 e. The smallest absolute Gasteiger partial charge is 0.246 e. The first-order chi connectivity index (χ1) is 15.4. The van der Waals surface area contributed by atoms with Crippen molar-refractivity contribution in [3.63, 3.8) is 0 Å². The lowest BCUT2D eigenvalue weighted by molar-refractivity contribution is 0.101. The summed E-state index contributed by atoms with van der Waals surface area (Å²) in [5, 5.41) is 0. The van der Waals surface area contributed by atoms with E-state index in [-0.39, 0.29) is 17.4 Å². The Hall–Kier alpha value is -3.11. The Morgan fingerprint density at radius 3 is 2.03 bits per heavy atom. The minimum absolute atomic E-state index is 0.0421. The Balaban J connectivity index is 2.10. The number of carbonyl (C=O) groups excluding carboxylic acids is 1. The molecule has 174 valence electrons. The van der Waals surface area contributed by atoms with Gasteiger partial charge in [0.25, 0.3) is 0 Å². The standard InChI is InChI=1S/C23H18F5NO3S/c1-13-3-6-17(18(24)9-13)12-29(11-15-4-7-16(8-5-15)14(2)30)33(31,32)20-10-19(25)21(26)23(28)22(20)27/h3-10H,11-12H2,1-2H3. The monoisotopic (exact) mass is 483 g/mol. The van der Waals surface area contributed by atoms with E-state index >= 15 is 0 Å². The van der Waals surface area contributed by atoms with E-state index in [9.17, 15) is 35.2 Å². The van der Waals surface area contributed by atoms with Crippen molar-refractivity contribution in [2.24, 2.45) is 0 Å². The summed E-state index contributed by atoms with van der Waals surface area (Å²) < 4.78 is 96.6. The molecule has 0 amide bonds. The molecule has 0 aliphatic carbocycles. The number of benzene rings is 3. The maximum absolute atomic E-state index is 14.4. The Bertz CT molecular complexity index is 1320. The van der Waals surface area contributed by atoms with Crippen molar-refractivity contribution in [3.05, 3.63) is 99.9 Å². The zero-order valence-electron chi connectivity index (χ0n) is 17.5. The van der Waals surface area contributed by atoms with Gasteiger partial charge in [-0.05, 0) is 31.0 Å². The number of hydrogen-bond acceptors (Lipinski definition) is 3. The predicted octanol–water partition coefficient (Wildman–Crippen LogP) is 5.28. The van der Waals surface area contributed by atoms with E-state index in [1.165, 1.54) is 49.4 Å². The third-order valence-electron chi connectivity index (χ3n) is 4.96. The number of ketones is 1. The van der Waals surface area contributed by atoms with Gasteiger partial charge in [0.15, 0.2) is 29.1 Å². The zero-order chi connectivity index (χ0) is 24.5. The molecule has 10 heteroatoms. The number of aryl methyl sites for hydroxylation is 1. The molecule has 0 saturated carbocycles. The first-order valence-electron chi connectivity index (χ1n) is 9.60. The van der Waals surface area contributed by atoms with Crippen LogP contribution in [0.2, 0.25) is 0 Å². The fraction of sp³-hybridized carbons (Fsp3) is 0.174. The molecule has 0 unspecified atom stereocenters. The highest BCUT2D eigenvalue weighted by Crippen LogP contribution is 2.28. The van der Waals surface area contributed by atoms with Crippen molar-refractivity contribution in [2.75, 3.05) is 0 Å². The molecule has 0 spiro atoms. The fourth-order valence-corrected chi connectivity index (χ4v) is 4.60. The summed E-state index contributed by atoms with van der Waals surface area (Å²) in [4.78, 5) is 10.0. The Labute approximate surface area is 187 Å². The molecule has 33 heavy (non-hydrogen) atoms. The predicted molar refractivity (Wildman–Crippen MR) is 110 cm³/mol. The van der Waals surface area contributed by atoms with Crippen LogP contribution in [0.3, 0.4) is 0 Å². The van der Waals surface area contributed by atoms with Crippen LogP contribution in [0.1, 0.15) is 34.0 Å². The number of Topliss-reactive ketones (excluding diaryl/α,β-unsaturated/α-hetero) is 1. The summed E-state index contributed by atoms with van der Waals surface area (Å²) in [6.45, 7) is 1.90. The van der Waals surface area contributed by atoms with Gasteiger partial charge in [0.2, 0.25) is 10.0 Å². The van der Waals surface area contributed by atoms with Crippen LogP contribution in [0, 0.1) is 36.0 Å². The highest BCUT2D eigenvalue weighted by atomic mass is 32.2. The number of sulfonamides is 1. The van der Waals surface area contributed by atoms with Gasteiger partial charge in [0.1, 0.15) is 10.7 Å². The maximum Gasteiger partial charge on any atom is 0.246 e. The number of halogens is 5. The second-order valence-corrected chi connectivity index (χ2v) is 9.33. The molecular weight excluding hydrogens is 465 g/mol. The fourth-order valence-electron chi connectivity index (χ4n) is 3.12. The quantitative estimate of drug-likeness (QED) is 0.199. The molecule has 0 bridgehead atoms. The summed E-state index contributed by atoms with van der Waals surface area (Å²) >= 11 is 0. The highest BCUT2D eigenvalue weighted by Gasteiger charge is 2.33. The molecule has 0 saturated heterocycles. The summed E-state index contributed by atoms with van der Waals surface area (Å²) in [6.07, 6.45) is 0. The van der Waals surface area contributed by atoms with Crippen LogP contribution < -0.4 is 0 Å². The van der Waals surface area contributed by atoms with E-state index in [2.05, 4.69) is 0 Å². The Morgan fingerprint density at radius 1 is 0.818 bits per heavy atom. The van der Waals surface area contributed by atoms with Gasteiger partial charge in [0, 0.05) is 30.3 Å². The lowest BCUT2D eigenvalue weighted by Gasteiger charge is -2.23. The molecule has 0 fully saturated rings. The van der Waals surface area contributed by atoms with Crippen LogP contribution in [0.25, 0.3) is 0 Å². The average Bonchev–Trinajstić information content (AvgIpc) is 2.76. The normalized spacial score (nSPS) is 11.8. The van der Waals surface area contributed by atoms with Crippen molar-refractivity contribution < 1.29 is 35.2 Å². The third-order valence-corrected chi connectivity index (χ3v) is 6.75. The second kappa shape index (κ2) is 9.40. The molecule has 3 rings (SSSR count). The lowest BCUT2D eigenvalue weighted by atomic mass is 10.1. The molecule has 0 aliphatic heterocycles. The molecule has 0 heterocycles. The molecule has 0 aliphatic rings. The van der Waals surface area contributed by atoms with Crippen LogP contribution in [0.4, 0.5) is 22.0 Å². The number of rotatable bonds is 7. The third kappa shape index (κ3) is 5.12. The number of carbonyl (C=O) groups is 1. The number of nitrogens with zero attached hydrogens (tertiary/aromatic N) is 1. The van der Waals surface area contributed by atoms with Crippen molar-refractivity contribution in [2.45, 2.75) is 31.8 Å². The summed E-state index contributed by atoms with van der Waals surface area (Å²) in [7, 11) is -4.97. The van der Waals surface area contributed by atoms with Gasteiger partial charge in [-0.25, -0.2) is 30.4 Å². The van der Waals surface area contributed by atoms with Crippen LogP contribution in [0.5, 0.6) is 0 Å². The van der Waals surface area contributed by atoms with E-state index in [4.69, 9.17) is 0 Å². The molecule has 0 atom stereocenters. The van der Waals surface area contributed by atoms with Crippen molar-refractivity contribution in [3.8, 4) is 0 Å². The Kier molecular flexibility index (Phi) is 6.99. The lowest BCUT2D eigenvalue weighted by Crippen LogP contribution is -2.31. The van der Waals surface area contributed by atoms with Crippen LogP contribution in [0.15, 0.2) is 53.4 Å². The van der Waals surface area contributed by atoms with E-state index in [1.54, 1.807) is 6.92 Å². The minimum atomic E-state index is -4.97. The van der Waals surface area contributed by atoms with Gasteiger partial charge < -0.3 is 0 Å². The molecule has 3 aromatic carbocycles. The van der Waals surface area contributed by atoms with Gasteiger partial charge in [-0.15, -0.1) is 0 Å². The second-order valence-electron chi connectivity index (χ2n) is 7.42. The molecule has 4 nitrogen and oxygen atoms in total. The first-order valence-corrected chi connectivity index (χ1v) is 11.0. The molecule has 0 radical (unpaired) electrons. The molecule has 3 aromatic rings. The molecular formula is C23H18F5NO3S. The van der Waals surface area contributed by atoms with Crippen LogP contribution >= 0.6 is 0 Å². The van der Waals surface area contributed by atoms with Crippen LogP contribution in [-0.2, 0) is 23.1 Å². The first kappa shape index (κ1) is 24.5. The average molecular weight is 483 g/mol. The van der Waals surface area contributed by atoms with E-state index in [1.807, 2.05) is 0 Å². The van der Waals surface area contributed by atoms with Gasteiger partial charge in [-0.1, -0.05) is 36.4 Å². The van der Waals surface area contributed by atoms with Crippen LogP contribution in [-0.4, -0.2) is 18.5 Å². The van der Waals surface area contributed by atoms with E-state index in [0.717, 1.165) is 0 Å². The van der Waals surface area contributed by atoms with E-state index < -0.39 is 57.1 Å². The van der Waals surface area contributed by atoms with E-state index in [0.29, 0.717) is 21.0 Å². The maximum atomic E-state index is 14.4. The van der Waals surface area contributed by atoms with Crippen molar-refractivity contribution >= 4 is 15.8 Å². The number of hydrogen-bond donors (Lipinski definition) is 0. The van der Waals surface area contributed by atoms with Crippen molar-refractivity contribution in [1.29, 1.82) is 0 Å². The van der Waals surface area contributed by atoms with Gasteiger partial charge in [0.05, 0.1) is 0 Å². The van der Waals surface area contributed by atoms with Crippen molar-refractivity contribution in [1.82, 2.24) is 4.31 Å². The molecule has 0 aromatic heterocycles. The zero-order valence-corrected chi connectivity index (χ0v) is 18.3. The molecule has 0 N–H and O–H groups in total. The van der Waals surface area contributed by atoms with Gasteiger partial charge in [-0.3, -0.25) is 4.79 Å². The minimum Gasteiger partial charge on any atom is -0.295 e.